The van der Waals surface area contributed by atoms with Crippen LogP contribution >= 0.6 is 0 Å². The molecule has 6 atom stereocenters. The van der Waals surface area contributed by atoms with E-state index in [2.05, 4.69) is 10.6 Å². The molecule has 3 heterocycles. The maximum absolute atomic E-state index is 14.3. The molecule has 7 heteroatoms. The Labute approximate surface area is 223 Å². The van der Waals surface area contributed by atoms with E-state index in [9.17, 15) is 14.4 Å². The summed E-state index contributed by atoms with van der Waals surface area (Å²) in [5, 5.41) is 6.24. The number of carbonyl (C=O) groups is 3. The van der Waals surface area contributed by atoms with E-state index in [0.717, 1.165) is 36.8 Å². The summed E-state index contributed by atoms with van der Waals surface area (Å²) >= 11 is 0. The van der Waals surface area contributed by atoms with Crippen LogP contribution in [0.25, 0.3) is 0 Å². The molecule has 1 aliphatic carbocycles. The summed E-state index contributed by atoms with van der Waals surface area (Å²) in [7, 11) is 0. The van der Waals surface area contributed by atoms with Crippen molar-refractivity contribution >= 4 is 23.4 Å². The minimum atomic E-state index is -1.17. The van der Waals surface area contributed by atoms with Crippen molar-refractivity contribution in [2.75, 3.05) is 5.32 Å². The molecule has 7 nitrogen and oxygen atoms in total. The van der Waals surface area contributed by atoms with Crippen LogP contribution < -0.4 is 10.6 Å². The molecule has 0 radical (unpaired) electrons. The molecule has 1 saturated carbocycles. The molecular weight excluding hydrogens is 478 g/mol. The number of nitrogens with zero attached hydrogens (tertiary/aromatic N) is 1. The quantitative estimate of drug-likeness (QED) is 0.564. The van der Waals surface area contributed by atoms with E-state index in [-0.39, 0.29) is 29.8 Å². The summed E-state index contributed by atoms with van der Waals surface area (Å²) in [6.45, 7) is 3.94. The number of fused-ring (bicyclic) bond motifs is 1. The molecule has 2 bridgehead atoms. The molecule has 38 heavy (non-hydrogen) atoms. The highest BCUT2D eigenvalue weighted by atomic mass is 16.5. The summed E-state index contributed by atoms with van der Waals surface area (Å²) in [4.78, 5) is 43.6. The Morgan fingerprint density at radius 3 is 2.42 bits per heavy atom. The lowest BCUT2D eigenvalue weighted by Gasteiger charge is -2.37. The molecule has 1 spiro atoms. The predicted molar refractivity (Wildman–Crippen MR) is 144 cm³/mol. The van der Waals surface area contributed by atoms with Crippen molar-refractivity contribution in [2.24, 2.45) is 11.8 Å². The lowest BCUT2D eigenvalue weighted by atomic mass is 9.74. The van der Waals surface area contributed by atoms with E-state index in [1.54, 1.807) is 4.90 Å². The number of hydrogen-bond donors (Lipinski definition) is 2. The summed E-state index contributed by atoms with van der Waals surface area (Å²) in [5.41, 5.74) is 1.54. The molecule has 6 rings (SSSR count). The van der Waals surface area contributed by atoms with Gasteiger partial charge < -0.3 is 20.3 Å². The van der Waals surface area contributed by atoms with Gasteiger partial charge in [-0.3, -0.25) is 14.4 Å². The normalized spacial score (nSPS) is 30.8. The SMILES string of the molecule is Cc1ccc(NC(=O)C2C3C=CC4(O3)C2C(=O)N(C(C)c2ccccc2)C4C(=O)NC2CCCCC2)cc1. The van der Waals surface area contributed by atoms with Crippen LogP contribution in [0.15, 0.2) is 66.7 Å². The van der Waals surface area contributed by atoms with Crippen LogP contribution in [0.4, 0.5) is 5.69 Å². The number of ether oxygens (including phenoxy) is 1. The standard InChI is InChI=1S/C31H35N3O4/c1-19-13-15-23(16-14-19)32-28(35)25-24-17-18-31(38-24)26(25)30(37)34(20(2)21-9-5-3-6-10-21)27(31)29(36)33-22-11-7-4-8-12-22/h3,5-6,9-10,13-18,20,22,24-27H,4,7-8,11-12H2,1-2H3,(H,32,35)(H,33,36). The maximum Gasteiger partial charge on any atom is 0.246 e. The average molecular weight is 514 g/mol. The first-order valence-corrected chi connectivity index (χ1v) is 13.8. The van der Waals surface area contributed by atoms with Gasteiger partial charge in [0.2, 0.25) is 17.7 Å². The Morgan fingerprint density at radius 1 is 1.00 bits per heavy atom. The van der Waals surface area contributed by atoms with E-state index in [0.29, 0.717) is 5.69 Å². The molecule has 6 unspecified atom stereocenters. The minimum Gasteiger partial charge on any atom is -0.359 e. The zero-order valence-corrected chi connectivity index (χ0v) is 21.9. The fourth-order valence-electron chi connectivity index (χ4n) is 6.91. The number of aryl methyl sites for hydroxylation is 1. The van der Waals surface area contributed by atoms with Crippen molar-refractivity contribution < 1.29 is 19.1 Å². The summed E-state index contributed by atoms with van der Waals surface area (Å²) in [6.07, 6.45) is 8.44. The van der Waals surface area contributed by atoms with Gasteiger partial charge in [0.05, 0.1) is 24.0 Å². The number of rotatable bonds is 6. The minimum absolute atomic E-state index is 0.0962. The number of hydrogen-bond acceptors (Lipinski definition) is 4. The van der Waals surface area contributed by atoms with Gasteiger partial charge in [0.15, 0.2) is 0 Å². The molecule has 3 aliphatic heterocycles. The number of anilines is 1. The Hall–Kier alpha value is -3.45. The van der Waals surface area contributed by atoms with Gasteiger partial charge in [-0.05, 0) is 44.4 Å². The van der Waals surface area contributed by atoms with E-state index in [1.165, 1.54) is 6.42 Å². The lowest BCUT2D eigenvalue weighted by Crippen LogP contribution is -2.56. The van der Waals surface area contributed by atoms with Crippen LogP contribution in [-0.4, -0.2) is 46.4 Å². The molecule has 0 aromatic heterocycles. The van der Waals surface area contributed by atoms with Crippen LogP contribution in [0.3, 0.4) is 0 Å². The van der Waals surface area contributed by atoms with Crippen molar-refractivity contribution in [2.45, 2.75) is 75.8 Å². The summed E-state index contributed by atoms with van der Waals surface area (Å²) < 4.78 is 6.49. The fraction of sp³-hybridized carbons (Fsp3) is 0.452. The Morgan fingerprint density at radius 2 is 1.71 bits per heavy atom. The second-order valence-electron chi connectivity index (χ2n) is 11.2. The van der Waals surface area contributed by atoms with E-state index in [1.807, 2.05) is 80.6 Å². The monoisotopic (exact) mass is 513 g/mol. The van der Waals surface area contributed by atoms with Crippen molar-refractivity contribution in [3.8, 4) is 0 Å². The highest BCUT2D eigenvalue weighted by Gasteiger charge is 2.73. The highest BCUT2D eigenvalue weighted by molar-refractivity contribution is 6.03. The zero-order chi connectivity index (χ0) is 26.4. The van der Waals surface area contributed by atoms with Crippen LogP contribution in [0.2, 0.25) is 0 Å². The van der Waals surface area contributed by atoms with Crippen molar-refractivity contribution in [1.82, 2.24) is 10.2 Å². The second kappa shape index (κ2) is 9.70. The number of likely N-dealkylation sites (tertiary alicyclic amines) is 1. The maximum atomic E-state index is 14.3. The van der Waals surface area contributed by atoms with Gasteiger partial charge in [0.1, 0.15) is 11.6 Å². The lowest BCUT2D eigenvalue weighted by molar-refractivity contribution is -0.143. The van der Waals surface area contributed by atoms with Crippen LogP contribution in [0, 0.1) is 18.8 Å². The van der Waals surface area contributed by atoms with Crippen LogP contribution in [0.5, 0.6) is 0 Å². The molecule has 4 aliphatic rings. The van der Waals surface area contributed by atoms with E-state index >= 15 is 0 Å². The third-order valence-electron chi connectivity index (χ3n) is 8.83. The largest absolute Gasteiger partial charge is 0.359 e. The van der Waals surface area contributed by atoms with E-state index < -0.39 is 29.6 Å². The zero-order valence-electron chi connectivity index (χ0n) is 21.9. The first-order valence-electron chi connectivity index (χ1n) is 13.8. The molecule has 2 aromatic rings. The van der Waals surface area contributed by atoms with Crippen LogP contribution in [-0.2, 0) is 19.1 Å². The van der Waals surface area contributed by atoms with Gasteiger partial charge in [0.25, 0.3) is 0 Å². The van der Waals surface area contributed by atoms with Gasteiger partial charge in [-0.1, -0.05) is 79.4 Å². The molecule has 198 valence electrons. The number of benzene rings is 2. The Bertz CT molecular complexity index is 1250. The third-order valence-corrected chi connectivity index (χ3v) is 8.83. The van der Waals surface area contributed by atoms with Crippen molar-refractivity contribution in [3.63, 3.8) is 0 Å². The molecule has 2 N–H and O–H groups in total. The van der Waals surface area contributed by atoms with Gasteiger partial charge in [0, 0.05) is 11.7 Å². The van der Waals surface area contributed by atoms with E-state index in [4.69, 9.17) is 4.74 Å². The van der Waals surface area contributed by atoms with Crippen LogP contribution in [0.1, 0.15) is 56.2 Å². The Balaban J connectivity index is 1.35. The summed E-state index contributed by atoms with van der Waals surface area (Å²) in [6, 6.07) is 16.2. The third kappa shape index (κ3) is 4.04. The van der Waals surface area contributed by atoms with Gasteiger partial charge in [-0.2, -0.15) is 0 Å². The fourth-order valence-corrected chi connectivity index (χ4v) is 6.91. The Kier molecular flexibility index (Phi) is 6.34. The first kappa shape index (κ1) is 24.9. The van der Waals surface area contributed by atoms with Gasteiger partial charge in [-0.15, -0.1) is 0 Å². The number of nitrogens with one attached hydrogen (secondary N) is 2. The van der Waals surface area contributed by atoms with Crippen molar-refractivity contribution in [1.29, 1.82) is 0 Å². The highest BCUT2D eigenvalue weighted by Crippen LogP contribution is 2.56. The predicted octanol–water partition coefficient (Wildman–Crippen LogP) is 4.29. The van der Waals surface area contributed by atoms with Gasteiger partial charge >= 0.3 is 0 Å². The molecular formula is C31H35N3O4. The average Bonchev–Trinajstić information content (AvgIpc) is 3.58. The smallest absolute Gasteiger partial charge is 0.246 e. The number of amides is 3. The molecule has 2 aromatic carbocycles. The van der Waals surface area contributed by atoms with Gasteiger partial charge in [-0.25, -0.2) is 0 Å². The summed E-state index contributed by atoms with van der Waals surface area (Å²) in [5.74, 6) is -2.14. The number of carbonyl (C=O) groups excluding carboxylic acids is 3. The first-order chi connectivity index (χ1) is 18.4. The molecule has 2 saturated heterocycles. The van der Waals surface area contributed by atoms with Crippen molar-refractivity contribution in [3.05, 3.63) is 77.9 Å². The second-order valence-corrected chi connectivity index (χ2v) is 11.2. The topological polar surface area (TPSA) is 87.7 Å². The molecule has 3 amide bonds. The molecule has 3 fully saturated rings.